The van der Waals surface area contributed by atoms with Crippen LogP contribution in [0.4, 0.5) is 0 Å². The maximum Gasteiger partial charge on any atom is 0.212 e. The molecule has 0 atom stereocenters. The highest BCUT2D eigenvalue weighted by Gasteiger charge is 2.33. The second-order valence-electron chi connectivity index (χ2n) is 4.71. The molecule has 2 aliphatic rings. The summed E-state index contributed by atoms with van der Waals surface area (Å²) in [6.45, 7) is 0.942. The summed E-state index contributed by atoms with van der Waals surface area (Å²) in [6, 6.07) is 7.78. The van der Waals surface area contributed by atoms with Gasteiger partial charge in [-0.15, -0.1) is 0 Å². The first-order valence-corrected chi connectivity index (χ1v) is 6.10. The molecule has 0 N–H and O–H groups in total. The minimum absolute atomic E-state index is 0.149. The number of ketones is 1. The van der Waals surface area contributed by atoms with Crippen molar-refractivity contribution in [2.24, 2.45) is 0 Å². The second-order valence-corrected chi connectivity index (χ2v) is 4.71. The Morgan fingerprint density at radius 1 is 1.12 bits per heavy atom. The van der Waals surface area contributed by atoms with E-state index in [2.05, 4.69) is 9.55 Å². The lowest BCUT2D eigenvalue weighted by atomic mass is 10.1. The van der Waals surface area contributed by atoms with Crippen molar-refractivity contribution in [2.45, 2.75) is 25.8 Å². The predicted molar refractivity (Wildman–Crippen MR) is 64.0 cm³/mol. The van der Waals surface area contributed by atoms with Crippen molar-refractivity contribution in [2.75, 3.05) is 0 Å². The standard InChI is InChI=1S/C14H12N2O/c17-14-10-6-2-1-5-9(10)12-13(14)16-8-4-3-7-11(16)15-12/h1-2,5-6H,3-4,7-8H2. The first-order valence-electron chi connectivity index (χ1n) is 6.10. The molecule has 0 unspecified atom stereocenters. The zero-order valence-corrected chi connectivity index (χ0v) is 9.44. The first kappa shape index (κ1) is 9.16. The summed E-state index contributed by atoms with van der Waals surface area (Å²) in [5.74, 6) is 1.24. The van der Waals surface area contributed by atoms with Gasteiger partial charge in [0.25, 0.3) is 0 Å². The summed E-state index contributed by atoms with van der Waals surface area (Å²) in [4.78, 5) is 17.0. The van der Waals surface area contributed by atoms with Gasteiger partial charge in [-0.1, -0.05) is 24.3 Å². The van der Waals surface area contributed by atoms with Crippen LogP contribution in [0.1, 0.15) is 34.7 Å². The minimum atomic E-state index is 0.149. The normalized spacial score (nSPS) is 16.6. The number of hydrogen-bond acceptors (Lipinski definition) is 2. The summed E-state index contributed by atoms with van der Waals surface area (Å²) < 4.78 is 2.13. The van der Waals surface area contributed by atoms with Crippen LogP contribution >= 0.6 is 0 Å². The molecule has 17 heavy (non-hydrogen) atoms. The fourth-order valence-electron chi connectivity index (χ4n) is 2.92. The summed E-state index contributed by atoms with van der Waals surface area (Å²) in [6.07, 6.45) is 3.34. The molecule has 0 spiro atoms. The molecule has 3 nitrogen and oxygen atoms in total. The number of fused-ring (bicyclic) bond motifs is 5. The zero-order valence-electron chi connectivity index (χ0n) is 9.44. The van der Waals surface area contributed by atoms with Crippen LogP contribution in [0.5, 0.6) is 0 Å². The maximum absolute atomic E-state index is 12.4. The lowest BCUT2D eigenvalue weighted by molar-refractivity contribution is 0.103. The number of carbonyl (C=O) groups is 1. The van der Waals surface area contributed by atoms with Gasteiger partial charge < -0.3 is 4.57 Å². The zero-order chi connectivity index (χ0) is 11.4. The smallest absolute Gasteiger partial charge is 0.212 e. The van der Waals surface area contributed by atoms with E-state index in [9.17, 15) is 4.79 Å². The van der Waals surface area contributed by atoms with Crippen LogP contribution in [0.3, 0.4) is 0 Å². The molecule has 0 bridgehead atoms. The van der Waals surface area contributed by atoms with Crippen molar-refractivity contribution < 1.29 is 4.79 Å². The predicted octanol–water partition coefficient (Wildman–Crippen LogP) is 2.43. The van der Waals surface area contributed by atoms with Crippen LogP contribution < -0.4 is 0 Å². The van der Waals surface area contributed by atoms with E-state index in [1.807, 2.05) is 24.3 Å². The quantitative estimate of drug-likeness (QED) is 0.587. The Hall–Kier alpha value is -1.90. The van der Waals surface area contributed by atoms with E-state index in [4.69, 9.17) is 0 Å². The van der Waals surface area contributed by atoms with Crippen molar-refractivity contribution >= 4 is 5.78 Å². The summed E-state index contributed by atoms with van der Waals surface area (Å²) in [7, 11) is 0. The number of nitrogens with zero attached hydrogens (tertiary/aromatic N) is 2. The van der Waals surface area contributed by atoms with Crippen molar-refractivity contribution in [1.29, 1.82) is 0 Å². The monoisotopic (exact) mass is 224 g/mol. The van der Waals surface area contributed by atoms with Gasteiger partial charge >= 0.3 is 0 Å². The van der Waals surface area contributed by atoms with E-state index in [0.29, 0.717) is 0 Å². The van der Waals surface area contributed by atoms with Crippen molar-refractivity contribution in [3.8, 4) is 11.3 Å². The molecule has 1 aliphatic carbocycles. The van der Waals surface area contributed by atoms with Crippen molar-refractivity contribution in [3.05, 3.63) is 41.3 Å². The molecule has 1 aromatic carbocycles. The van der Waals surface area contributed by atoms with Gasteiger partial charge in [-0.2, -0.15) is 0 Å². The molecule has 4 rings (SSSR count). The minimum Gasteiger partial charge on any atom is -0.325 e. The molecular formula is C14H12N2O. The van der Waals surface area contributed by atoms with Gasteiger partial charge in [0.15, 0.2) is 0 Å². The molecule has 0 amide bonds. The van der Waals surface area contributed by atoms with Crippen LogP contribution in [-0.2, 0) is 13.0 Å². The number of aryl methyl sites for hydroxylation is 1. The van der Waals surface area contributed by atoms with Gasteiger partial charge in [-0.3, -0.25) is 4.79 Å². The topological polar surface area (TPSA) is 34.9 Å². The number of benzene rings is 1. The Kier molecular flexibility index (Phi) is 1.65. The second kappa shape index (κ2) is 3.06. The SMILES string of the molecule is O=C1c2ccccc2-c2nc3n(c21)CCCC3. The summed E-state index contributed by atoms with van der Waals surface area (Å²) >= 11 is 0. The highest BCUT2D eigenvalue weighted by Crippen LogP contribution is 2.37. The Morgan fingerprint density at radius 2 is 1.94 bits per heavy atom. The fourth-order valence-corrected chi connectivity index (χ4v) is 2.92. The molecule has 0 saturated carbocycles. The number of hydrogen-bond donors (Lipinski definition) is 0. The molecule has 3 heteroatoms. The molecule has 0 fully saturated rings. The molecular weight excluding hydrogens is 212 g/mol. The Labute approximate surface area is 99.1 Å². The third kappa shape index (κ3) is 1.06. The third-order valence-electron chi connectivity index (χ3n) is 3.72. The van der Waals surface area contributed by atoms with Gasteiger partial charge in [-0.05, 0) is 12.8 Å². The van der Waals surface area contributed by atoms with Crippen molar-refractivity contribution in [1.82, 2.24) is 9.55 Å². The molecule has 1 aromatic heterocycles. The van der Waals surface area contributed by atoms with Gasteiger partial charge in [0.05, 0.1) is 0 Å². The Bertz CT molecular complexity index is 640. The largest absolute Gasteiger partial charge is 0.325 e. The van der Waals surface area contributed by atoms with Gasteiger partial charge in [-0.25, -0.2) is 4.98 Å². The summed E-state index contributed by atoms with van der Waals surface area (Å²) in [5.41, 5.74) is 3.55. The van der Waals surface area contributed by atoms with Crippen LogP contribution in [0, 0.1) is 0 Å². The average molecular weight is 224 g/mol. The molecule has 2 heterocycles. The number of aromatic nitrogens is 2. The van der Waals surface area contributed by atoms with Crippen LogP contribution in [0.25, 0.3) is 11.3 Å². The highest BCUT2D eigenvalue weighted by molar-refractivity contribution is 6.20. The lowest BCUT2D eigenvalue weighted by Crippen LogP contribution is -2.15. The lowest BCUT2D eigenvalue weighted by Gasteiger charge is -2.14. The van der Waals surface area contributed by atoms with Gasteiger partial charge in [0, 0.05) is 24.1 Å². The van der Waals surface area contributed by atoms with Crippen LogP contribution in [0.2, 0.25) is 0 Å². The number of imidazole rings is 1. The molecule has 84 valence electrons. The van der Waals surface area contributed by atoms with Gasteiger partial charge in [0.1, 0.15) is 17.2 Å². The summed E-state index contributed by atoms with van der Waals surface area (Å²) in [5, 5.41) is 0. The van der Waals surface area contributed by atoms with E-state index in [1.54, 1.807) is 0 Å². The molecule has 0 saturated heterocycles. The van der Waals surface area contributed by atoms with Crippen molar-refractivity contribution in [3.63, 3.8) is 0 Å². The van der Waals surface area contributed by atoms with E-state index in [-0.39, 0.29) is 5.78 Å². The van der Waals surface area contributed by atoms with Crippen LogP contribution in [0.15, 0.2) is 24.3 Å². The third-order valence-corrected chi connectivity index (χ3v) is 3.72. The van der Waals surface area contributed by atoms with E-state index in [1.165, 1.54) is 6.42 Å². The van der Waals surface area contributed by atoms with E-state index >= 15 is 0 Å². The number of carbonyl (C=O) groups excluding carboxylic acids is 1. The fraction of sp³-hybridized carbons (Fsp3) is 0.286. The Morgan fingerprint density at radius 3 is 2.82 bits per heavy atom. The van der Waals surface area contributed by atoms with E-state index in [0.717, 1.165) is 47.7 Å². The van der Waals surface area contributed by atoms with E-state index < -0.39 is 0 Å². The molecule has 0 radical (unpaired) electrons. The van der Waals surface area contributed by atoms with Crippen LogP contribution in [-0.4, -0.2) is 15.3 Å². The number of rotatable bonds is 0. The first-order chi connectivity index (χ1) is 8.36. The average Bonchev–Trinajstić information content (AvgIpc) is 2.88. The van der Waals surface area contributed by atoms with Gasteiger partial charge in [0.2, 0.25) is 5.78 Å². The maximum atomic E-state index is 12.4. The highest BCUT2D eigenvalue weighted by atomic mass is 16.1. The Balaban J connectivity index is 2.04. The molecule has 2 aromatic rings. The molecule has 1 aliphatic heterocycles.